The summed E-state index contributed by atoms with van der Waals surface area (Å²) in [5.41, 5.74) is 5.51. The molecule has 4 rings (SSSR count). The number of aliphatic carboxylic acids is 1. The van der Waals surface area contributed by atoms with Gasteiger partial charge in [-0.25, -0.2) is 4.98 Å². The van der Waals surface area contributed by atoms with E-state index in [2.05, 4.69) is 25.7 Å². The van der Waals surface area contributed by atoms with Gasteiger partial charge < -0.3 is 30.7 Å². The van der Waals surface area contributed by atoms with E-state index in [0.29, 0.717) is 22.3 Å². The third-order valence-electron chi connectivity index (χ3n) is 5.03. The van der Waals surface area contributed by atoms with E-state index in [4.69, 9.17) is 5.73 Å². The van der Waals surface area contributed by atoms with E-state index < -0.39 is 34.9 Å². The van der Waals surface area contributed by atoms with Crippen molar-refractivity contribution in [2.45, 2.75) is 23.5 Å². The van der Waals surface area contributed by atoms with Crippen molar-refractivity contribution in [1.29, 1.82) is 0 Å². The minimum Gasteiger partial charge on any atom is -0.543 e. The van der Waals surface area contributed by atoms with E-state index in [1.54, 1.807) is 18.5 Å². The molecule has 2 atom stereocenters. The summed E-state index contributed by atoms with van der Waals surface area (Å²) in [5, 5.41) is 36.2. The second kappa shape index (κ2) is 10.7. The largest absolute Gasteiger partial charge is 1.00 e. The summed E-state index contributed by atoms with van der Waals surface area (Å²) in [4.78, 5) is 42.2. The van der Waals surface area contributed by atoms with E-state index in [1.807, 2.05) is 0 Å². The number of carboxylic acids is 1. The van der Waals surface area contributed by atoms with Gasteiger partial charge in [-0.15, -0.1) is 33.3 Å². The number of oxime groups is 1. The number of hydrogen-bond acceptors (Lipinski definition) is 13. The molecule has 2 aromatic heterocycles. The fraction of sp³-hybridized carbons (Fsp3) is 0.353. The van der Waals surface area contributed by atoms with Crippen LogP contribution >= 0.6 is 34.9 Å². The van der Waals surface area contributed by atoms with Gasteiger partial charge in [-0.3, -0.25) is 14.5 Å². The second-order valence-corrected chi connectivity index (χ2v) is 9.93. The Morgan fingerprint density at radius 1 is 1.44 bits per heavy atom. The van der Waals surface area contributed by atoms with E-state index in [-0.39, 0.29) is 51.8 Å². The van der Waals surface area contributed by atoms with Crippen molar-refractivity contribution in [1.82, 2.24) is 30.0 Å². The maximum Gasteiger partial charge on any atom is 1.00 e. The summed E-state index contributed by atoms with van der Waals surface area (Å²) >= 11 is 3.67. The minimum atomic E-state index is -1.47. The maximum absolute atomic E-state index is 12.8. The smallest absolute Gasteiger partial charge is 0.543 e. The number of hydrogen-bond donors (Lipinski definition) is 3. The van der Waals surface area contributed by atoms with E-state index in [0.717, 1.165) is 16.2 Å². The Hall–Kier alpha value is -2.11. The molecule has 34 heavy (non-hydrogen) atoms. The quantitative estimate of drug-likeness (QED) is 0.0778. The van der Waals surface area contributed by atoms with Gasteiger partial charge in [0, 0.05) is 23.9 Å². The zero-order valence-electron chi connectivity index (χ0n) is 18.2. The number of nitrogens with one attached hydrogen (secondary N) is 1. The number of nitrogens with zero attached hydrogens (tertiary/aromatic N) is 6. The SMILES string of the molecule is Cc1nnc(SCC2=C(C(=O)[O-])N3C(=O)C(NC(=O)/C(=N\O)c4csc(N)n4)[C@H]3SC2)n1C.[Na+]. The maximum atomic E-state index is 12.8. The topological polar surface area (TPSA) is 192 Å². The molecule has 0 aromatic carbocycles. The first kappa shape index (κ1) is 26.5. The molecule has 0 bridgehead atoms. The van der Waals surface area contributed by atoms with Crippen LogP contribution in [0.4, 0.5) is 5.13 Å². The Balaban J connectivity index is 0.00000324. The molecule has 2 aliphatic heterocycles. The molecule has 0 spiro atoms. The van der Waals surface area contributed by atoms with E-state index >= 15 is 0 Å². The molecule has 1 saturated heterocycles. The summed E-state index contributed by atoms with van der Waals surface area (Å²) < 4.78 is 1.78. The number of carbonyl (C=O) groups excluding carboxylic acids is 3. The van der Waals surface area contributed by atoms with Gasteiger partial charge in [0.05, 0.1) is 11.7 Å². The summed E-state index contributed by atoms with van der Waals surface area (Å²) in [5.74, 6) is -1.60. The van der Waals surface area contributed by atoms with Gasteiger partial charge in [-0.2, -0.15) is 0 Å². The molecule has 1 fully saturated rings. The number of amides is 2. The summed E-state index contributed by atoms with van der Waals surface area (Å²) in [7, 11) is 1.80. The molecule has 0 saturated carbocycles. The van der Waals surface area contributed by atoms with Crippen molar-refractivity contribution in [3.63, 3.8) is 0 Å². The Morgan fingerprint density at radius 3 is 2.74 bits per heavy atom. The van der Waals surface area contributed by atoms with Gasteiger partial charge in [-0.1, -0.05) is 16.9 Å². The molecule has 0 radical (unpaired) electrons. The Bertz CT molecular complexity index is 1210. The van der Waals surface area contributed by atoms with Crippen LogP contribution in [0.15, 0.2) is 27.0 Å². The average Bonchev–Trinajstić information content (AvgIpc) is 3.35. The normalized spacial score (nSPS) is 19.9. The molecule has 2 amide bonds. The number of aromatic nitrogens is 4. The molecule has 2 aromatic rings. The molecule has 4 heterocycles. The number of anilines is 1. The first-order chi connectivity index (χ1) is 15.7. The number of thiazole rings is 1. The molecule has 0 aliphatic carbocycles. The van der Waals surface area contributed by atoms with Gasteiger partial charge in [0.2, 0.25) is 0 Å². The Morgan fingerprint density at radius 2 is 2.18 bits per heavy atom. The number of carboxylic acid groups (broad SMARTS) is 1. The fourth-order valence-electron chi connectivity index (χ4n) is 3.27. The molecule has 174 valence electrons. The first-order valence-corrected chi connectivity index (χ1v) is 12.3. The van der Waals surface area contributed by atoms with Crippen molar-refractivity contribution < 1.29 is 54.3 Å². The molecular weight excluding hydrogens is 515 g/mol. The number of nitrogen functional groups attached to an aromatic ring is 1. The predicted molar refractivity (Wildman–Crippen MR) is 118 cm³/mol. The summed E-state index contributed by atoms with van der Waals surface area (Å²) in [6.07, 6.45) is 0. The van der Waals surface area contributed by atoms with Crippen molar-refractivity contribution in [2.24, 2.45) is 12.2 Å². The summed E-state index contributed by atoms with van der Waals surface area (Å²) in [6, 6.07) is -1.000. The van der Waals surface area contributed by atoms with Crippen LogP contribution in [-0.4, -0.2) is 76.3 Å². The third kappa shape index (κ3) is 4.83. The first-order valence-electron chi connectivity index (χ1n) is 9.34. The number of fused-ring (bicyclic) bond motifs is 1. The zero-order valence-corrected chi connectivity index (χ0v) is 22.7. The number of nitrogens with two attached hydrogens (primary N) is 1. The van der Waals surface area contributed by atoms with E-state index in [9.17, 15) is 24.7 Å². The van der Waals surface area contributed by atoms with Crippen LogP contribution in [0, 0.1) is 6.92 Å². The van der Waals surface area contributed by atoms with Crippen molar-refractivity contribution in [2.75, 3.05) is 17.2 Å². The van der Waals surface area contributed by atoms with Gasteiger partial charge in [0.1, 0.15) is 22.9 Å². The van der Waals surface area contributed by atoms with Gasteiger partial charge >= 0.3 is 29.6 Å². The van der Waals surface area contributed by atoms with Crippen LogP contribution in [0.1, 0.15) is 11.5 Å². The standard InChI is InChI=1S/C17H18N8O5S3.Na/c1-6-21-22-17(24(6)2)33-4-7-3-31-14-10(13(27)25(14)11(7)15(28)29)20-12(26)9(23-30)8-5-32-16(18)19-8;/h5,10,14,30H,3-4H2,1-2H3,(H2,18,19)(H,20,26)(H,28,29);/q;+1/p-1/b23-9-;/t10?,14-;/m1./s1. The fourth-order valence-corrected chi connectivity index (χ4v) is 6.26. The molecule has 13 nitrogen and oxygen atoms in total. The predicted octanol–water partition coefficient (Wildman–Crippen LogP) is -4.46. The number of thioether (sulfide) groups is 2. The minimum absolute atomic E-state index is 0. The number of β-lactam (4-membered cyclic amide) rings is 1. The number of rotatable bonds is 7. The molecular formula is C17H17N8NaO5S3. The second-order valence-electron chi connectivity index (χ2n) is 7.00. The van der Waals surface area contributed by atoms with Crippen LogP contribution in [-0.2, 0) is 21.4 Å². The van der Waals surface area contributed by atoms with Crippen LogP contribution < -0.4 is 45.7 Å². The van der Waals surface area contributed by atoms with Crippen LogP contribution in [0.3, 0.4) is 0 Å². The Labute approximate surface area is 227 Å². The summed E-state index contributed by atoms with van der Waals surface area (Å²) in [6.45, 7) is 1.80. The average molecular weight is 533 g/mol. The monoisotopic (exact) mass is 532 g/mol. The number of carbonyl (C=O) groups is 3. The van der Waals surface area contributed by atoms with Gasteiger partial charge in [0.25, 0.3) is 11.8 Å². The third-order valence-corrected chi connectivity index (χ3v) is 8.15. The Kier molecular flexibility index (Phi) is 8.30. The van der Waals surface area contributed by atoms with Crippen LogP contribution in [0.5, 0.6) is 0 Å². The van der Waals surface area contributed by atoms with Crippen molar-refractivity contribution in [3.05, 3.63) is 28.2 Å². The molecule has 4 N–H and O–H groups in total. The van der Waals surface area contributed by atoms with Gasteiger partial charge in [-0.05, 0) is 12.5 Å². The van der Waals surface area contributed by atoms with E-state index in [1.165, 1.54) is 28.9 Å². The molecule has 2 aliphatic rings. The number of aryl methyl sites for hydroxylation is 1. The van der Waals surface area contributed by atoms with Crippen molar-refractivity contribution in [3.8, 4) is 0 Å². The zero-order chi connectivity index (χ0) is 23.9. The van der Waals surface area contributed by atoms with Crippen LogP contribution in [0.25, 0.3) is 0 Å². The molecule has 17 heteroatoms. The molecule has 1 unspecified atom stereocenters. The van der Waals surface area contributed by atoms with Crippen molar-refractivity contribution >= 4 is 63.5 Å². The van der Waals surface area contributed by atoms with Gasteiger partial charge in [0.15, 0.2) is 16.0 Å². The van der Waals surface area contributed by atoms with Crippen LogP contribution in [0.2, 0.25) is 0 Å².